The maximum absolute atomic E-state index is 13.5. The average molecular weight is 348 g/mol. The fraction of sp³-hybridized carbons (Fsp3) is 0.167. The van der Waals surface area contributed by atoms with Crippen LogP contribution in [0.5, 0.6) is 5.75 Å². The minimum absolute atomic E-state index is 0.134. The molecule has 0 amide bonds. The molecule has 0 aliphatic rings. The van der Waals surface area contributed by atoms with E-state index in [1.807, 2.05) is 0 Å². The summed E-state index contributed by atoms with van der Waals surface area (Å²) >= 11 is 3.00. The Hall–Kier alpha value is -1.96. The van der Waals surface area contributed by atoms with E-state index in [0.29, 0.717) is 5.69 Å². The van der Waals surface area contributed by atoms with E-state index in [1.54, 1.807) is 0 Å². The summed E-state index contributed by atoms with van der Waals surface area (Å²) in [5.74, 6) is -2.29. The van der Waals surface area contributed by atoms with Crippen molar-refractivity contribution in [3.05, 3.63) is 34.8 Å². The van der Waals surface area contributed by atoms with E-state index in [1.165, 1.54) is 18.4 Å². The van der Waals surface area contributed by atoms with Crippen LogP contribution in [0, 0.1) is 5.82 Å². The van der Waals surface area contributed by atoms with Crippen LogP contribution in [0.3, 0.4) is 0 Å². The molecule has 1 aromatic heterocycles. The minimum Gasteiger partial charge on any atom is -0.478 e. The molecule has 0 bridgehead atoms. The average Bonchev–Trinajstić information content (AvgIpc) is 2.92. The number of rotatable bonds is 5. The van der Waals surface area contributed by atoms with Gasteiger partial charge in [0.25, 0.3) is 0 Å². The smallest absolute Gasteiger partial charge is 0.347 e. The van der Waals surface area contributed by atoms with Gasteiger partial charge in [-0.25, -0.2) is 13.6 Å². The highest BCUT2D eigenvalue weighted by Crippen LogP contribution is 2.34. The van der Waals surface area contributed by atoms with Crippen molar-refractivity contribution in [3.8, 4) is 17.0 Å². The van der Waals surface area contributed by atoms with Crippen LogP contribution in [0.2, 0.25) is 0 Å². The number of benzene rings is 1. The number of aromatic nitrogens is 1. The monoisotopic (exact) mass is 347 g/mol. The lowest BCUT2D eigenvalue weighted by Crippen LogP contribution is -2.29. The lowest BCUT2D eigenvalue weighted by atomic mass is 10.1. The quantitative estimate of drug-likeness (QED) is 0.899. The number of carbonyl (C=O) groups is 1. The number of ether oxygens (including phenoxy) is 1. The van der Waals surface area contributed by atoms with Gasteiger partial charge in [0.15, 0.2) is 0 Å². The number of nitrogens with zero attached hydrogens (tertiary/aromatic N) is 1. The van der Waals surface area contributed by atoms with Gasteiger partial charge in [-0.2, -0.15) is 0 Å². The number of halogens is 3. The molecule has 1 N–H and O–H groups in total. The van der Waals surface area contributed by atoms with Crippen molar-refractivity contribution in [2.45, 2.75) is 6.10 Å². The summed E-state index contributed by atoms with van der Waals surface area (Å²) in [6.07, 6.45) is -0.429. The lowest BCUT2D eigenvalue weighted by Gasteiger charge is -2.15. The predicted octanol–water partition coefficient (Wildman–Crippen LogP) is 3.04. The van der Waals surface area contributed by atoms with Crippen molar-refractivity contribution in [2.75, 3.05) is 6.67 Å². The molecule has 20 heavy (non-hydrogen) atoms. The molecule has 0 aliphatic heterocycles. The molecule has 0 radical (unpaired) electrons. The van der Waals surface area contributed by atoms with Crippen molar-refractivity contribution < 1.29 is 27.9 Å². The highest BCUT2D eigenvalue weighted by molar-refractivity contribution is 9.10. The molecule has 2 aromatic rings. The second-order valence-electron chi connectivity index (χ2n) is 3.75. The second-order valence-corrected chi connectivity index (χ2v) is 4.60. The number of hydrogen-bond acceptors (Lipinski definition) is 4. The first kappa shape index (κ1) is 14.4. The third kappa shape index (κ3) is 2.96. The van der Waals surface area contributed by atoms with E-state index in [0.717, 1.165) is 6.07 Å². The molecule has 5 nitrogen and oxygen atoms in total. The van der Waals surface area contributed by atoms with Crippen LogP contribution < -0.4 is 4.74 Å². The summed E-state index contributed by atoms with van der Waals surface area (Å²) in [6, 6.07) is 3.79. The molecule has 0 spiro atoms. The highest BCUT2D eigenvalue weighted by Gasteiger charge is 2.22. The molecule has 8 heteroatoms. The fourth-order valence-electron chi connectivity index (χ4n) is 1.48. The van der Waals surface area contributed by atoms with Crippen molar-refractivity contribution in [1.82, 2.24) is 5.16 Å². The van der Waals surface area contributed by atoms with Gasteiger partial charge < -0.3 is 14.4 Å². The number of aliphatic carboxylic acids is 1. The van der Waals surface area contributed by atoms with Gasteiger partial charge in [-0.3, -0.25) is 0 Å². The zero-order valence-corrected chi connectivity index (χ0v) is 11.4. The predicted molar refractivity (Wildman–Crippen MR) is 67.6 cm³/mol. The van der Waals surface area contributed by atoms with E-state index in [9.17, 15) is 13.6 Å². The molecule has 106 valence electrons. The molecular formula is C12H8BrF2NO4. The fourth-order valence-corrected chi connectivity index (χ4v) is 1.82. The Morgan fingerprint density at radius 3 is 2.85 bits per heavy atom. The van der Waals surface area contributed by atoms with Gasteiger partial charge in [0.05, 0.1) is 4.47 Å². The van der Waals surface area contributed by atoms with Crippen molar-refractivity contribution in [1.29, 1.82) is 0 Å². The van der Waals surface area contributed by atoms with Crippen LogP contribution in [0.4, 0.5) is 8.78 Å². The van der Waals surface area contributed by atoms with Crippen LogP contribution >= 0.6 is 15.9 Å². The van der Waals surface area contributed by atoms with Crippen molar-refractivity contribution in [2.24, 2.45) is 0 Å². The number of alkyl halides is 1. The largest absolute Gasteiger partial charge is 0.478 e. The summed E-state index contributed by atoms with van der Waals surface area (Å²) in [7, 11) is 0. The SMILES string of the molecule is O=C(O)C(CF)Oc1cc(F)c(Br)cc1-c1ccon1. The van der Waals surface area contributed by atoms with Gasteiger partial charge in [0.1, 0.15) is 30.2 Å². The number of carboxylic acid groups (broad SMARTS) is 1. The van der Waals surface area contributed by atoms with E-state index < -0.39 is 24.6 Å². The maximum atomic E-state index is 13.5. The molecule has 0 fully saturated rings. The van der Waals surface area contributed by atoms with E-state index >= 15 is 0 Å². The third-order valence-electron chi connectivity index (χ3n) is 2.42. The molecule has 0 aliphatic carbocycles. The maximum Gasteiger partial charge on any atom is 0.347 e. The second kappa shape index (κ2) is 6.00. The first-order chi connectivity index (χ1) is 9.52. The first-order valence-corrected chi connectivity index (χ1v) is 6.17. The Morgan fingerprint density at radius 1 is 1.55 bits per heavy atom. The summed E-state index contributed by atoms with van der Waals surface area (Å²) in [5.41, 5.74) is 0.593. The van der Waals surface area contributed by atoms with Gasteiger partial charge in [0, 0.05) is 17.7 Å². The van der Waals surface area contributed by atoms with Crippen molar-refractivity contribution in [3.63, 3.8) is 0 Å². The lowest BCUT2D eigenvalue weighted by molar-refractivity contribution is -0.145. The Balaban J connectivity index is 2.45. The third-order valence-corrected chi connectivity index (χ3v) is 3.03. The molecule has 1 unspecified atom stereocenters. The van der Waals surface area contributed by atoms with E-state index in [4.69, 9.17) is 9.84 Å². The molecule has 1 atom stereocenters. The topological polar surface area (TPSA) is 72.6 Å². The summed E-state index contributed by atoms with van der Waals surface area (Å²) in [6.45, 7) is -1.24. The zero-order valence-electron chi connectivity index (χ0n) is 9.85. The Bertz CT molecular complexity index is 618. The molecular weight excluding hydrogens is 340 g/mol. The van der Waals surface area contributed by atoms with Gasteiger partial charge in [-0.15, -0.1) is 0 Å². The zero-order chi connectivity index (χ0) is 14.7. The standard InChI is InChI=1S/C12H8BrF2NO4/c13-7-3-6(9-1-2-19-16-9)10(4-8(7)15)20-11(5-14)12(17)18/h1-4,11H,5H2,(H,17,18). The van der Waals surface area contributed by atoms with E-state index in [2.05, 4.69) is 25.6 Å². The molecule has 0 saturated heterocycles. The summed E-state index contributed by atoms with van der Waals surface area (Å²) in [5, 5.41) is 12.4. The highest BCUT2D eigenvalue weighted by atomic mass is 79.9. The first-order valence-electron chi connectivity index (χ1n) is 5.38. The molecule has 1 aromatic carbocycles. The van der Waals surface area contributed by atoms with Gasteiger partial charge >= 0.3 is 5.97 Å². The van der Waals surface area contributed by atoms with E-state index in [-0.39, 0.29) is 15.8 Å². The Labute approximate surface area is 120 Å². The van der Waals surface area contributed by atoms with Crippen LogP contribution in [0.25, 0.3) is 11.3 Å². The number of hydrogen-bond donors (Lipinski definition) is 1. The van der Waals surface area contributed by atoms with Crippen LogP contribution in [-0.4, -0.2) is 29.0 Å². The molecule has 1 heterocycles. The Kier molecular flexibility index (Phi) is 4.33. The van der Waals surface area contributed by atoms with Crippen LogP contribution in [0.1, 0.15) is 0 Å². The van der Waals surface area contributed by atoms with Gasteiger partial charge in [-0.05, 0) is 22.0 Å². The van der Waals surface area contributed by atoms with Gasteiger partial charge in [-0.1, -0.05) is 5.16 Å². The molecule has 0 saturated carbocycles. The summed E-state index contributed by atoms with van der Waals surface area (Å²) < 4.78 is 36.0. The molecule has 2 rings (SSSR count). The minimum atomic E-state index is -1.72. The van der Waals surface area contributed by atoms with Crippen LogP contribution in [0.15, 0.2) is 33.5 Å². The van der Waals surface area contributed by atoms with Crippen LogP contribution in [-0.2, 0) is 4.79 Å². The van der Waals surface area contributed by atoms with Crippen molar-refractivity contribution >= 4 is 21.9 Å². The summed E-state index contributed by atoms with van der Waals surface area (Å²) in [4.78, 5) is 10.8. The normalized spacial score (nSPS) is 12.2. The Morgan fingerprint density at radius 2 is 2.30 bits per heavy atom. The van der Waals surface area contributed by atoms with Gasteiger partial charge in [0.2, 0.25) is 6.10 Å². The number of carboxylic acids is 1.